The second-order valence-electron chi connectivity index (χ2n) is 4.29. The molecule has 0 atom stereocenters. The average molecular weight is 274 g/mol. The molecule has 0 aliphatic heterocycles. The quantitative estimate of drug-likeness (QED) is 0.714. The van der Waals surface area contributed by atoms with Gasteiger partial charge in [-0.2, -0.15) is 0 Å². The van der Waals surface area contributed by atoms with Crippen LogP contribution in [-0.2, 0) is 6.42 Å². The Morgan fingerprint density at radius 1 is 1.21 bits per heavy atom. The first-order chi connectivity index (χ1) is 6.74. The highest BCUT2D eigenvalue weighted by molar-refractivity contribution is 9.09. The van der Waals surface area contributed by atoms with E-state index in [1.54, 1.807) is 0 Å². The molecule has 0 N–H and O–H groups in total. The molecule has 0 aromatic heterocycles. The highest BCUT2D eigenvalue weighted by atomic mass is 79.9. The summed E-state index contributed by atoms with van der Waals surface area (Å²) in [5.41, 5.74) is 1.95. The maximum Gasteiger partial charge on any atom is 0.0406 e. The Morgan fingerprint density at radius 2 is 1.86 bits per heavy atom. The Hall–Kier alpha value is -0.0100. The fourth-order valence-electron chi connectivity index (χ4n) is 2.07. The molecular formula is C12H14BrCl. The van der Waals surface area contributed by atoms with Crippen molar-refractivity contribution in [1.82, 2.24) is 0 Å². The molecule has 0 spiro atoms. The lowest BCUT2D eigenvalue weighted by atomic mass is 9.67. The van der Waals surface area contributed by atoms with E-state index >= 15 is 0 Å². The van der Waals surface area contributed by atoms with Gasteiger partial charge >= 0.3 is 0 Å². The minimum Gasteiger partial charge on any atom is -0.0922 e. The molecule has 1 aromatic rings. The van der Waals surface area contributed by atoms with Gasteiger partial charge in [0, 0.05) is 10.4 Å². The molecule has 76 valence electrons. The third kappa shape index (κ3) is 2.14. The van der Waals surface area contributed by atoms with Gasteiger partial charge in [0.25, 0.3) is 0 Å². The smallest absolute Gasteiger partial charge is 0.0406 e. The van der Waals surface area contributed by atoms with Crippen LogP contribution >= 0.6 is 27.5 Å². The van der Waals surface area contributed by atoms with Crippen LogP contribution in [0.2, 0.25) is 5.02 Å². The molecule has 2 rings (SSSR count). The maximum absolute atomic E-state index is 5.86. The fraction of sp³-hybridized carbons (Fsp3) is 0.500. The van der Waals surface area contributed by atoms with Gasteiger partial charge in [-0.15, -0.1) is 0 Å². The molecule has 1 saturated carbocycles. The zero-order valence-corrected chi connectivity index (χ0v) is 10.4. The second-order valence-corrected chi connectivity index (χ2v) is 5.29. The molecule has 14 heavy (non-hydrogen) atoms. The Bertz CT molecular complexity index is 295. The number of benzene rings is 1. The predicted octanol–water partition coefficient (Wildman–Crippen LogP) is 4.45. The average Bonchev–Trinajstić information content (AvgIpc) is 2.15. The van der Waals surface area contributed by atoms with Crippen molar-refractivity contribution in [2.24, 2.45) is 5.41 Å². The summed E-state index contributed by atoms with van der Waals surface area (Å²) in [5.74, 6) is 0. The van der Waals surface area contributed by atoms with Crippen molar-refractivity contribution in [2.45, 2.75) is 25.7 Å². The van der Waals surface area contributed by atoms with Crippen molar-refractivity contribution < 1.29 is 0 Å². The van der Waals surface area contributed by atoms with E-state index in [-0.39, 0.29) is 0 Å². The van der Waals surface area contributed by atoms with E-state index in [1.165, 1.54) is 31.2 Å². The van der Waals surface area contributed by atoms with Crippen LogP contribution in [-0.4, -0.2) is 5.33 Å². The van der Waals surface area contributed by atoms with Gasteiger partial charge in [-0.25, -0.2) is 0 Å². The van der Waals surface area contributed by atoms with Crippen molar-refractivity contribution >= 4 is 27.5 Å². The number of halogens is 2. The predicted molar refractivity (Wildman–Crippen MR) is 65.2 cm³/mol. The third-order valence-electron chi connectivity index (χ3n) is 3.19. The molecule has 0 heterocycles. The van der Waals surface area contributed by atoms with Crippen molar-refractivity contribution in [1.29, 1.82) is 0 Å². The monoisotopic (exact) mass is 272 g/mol. The first kappa shape index (κ1) is 10.5. The van der Waals surface area contributed by atoms with Crippen molar-refractivity contribution in [3.05, 3.63) is 34.9 Å². The lowest BCUT2D eigenvalue weighted by molar-refractivity contribution is 0.170. The molecule has 1 fully saturated rings. The van der Waals surface area contributed by atoms with Crippen LogP contribution in [0, 0.1) is 5.41 Å². The van der Waals surface area contributed by atoms with Gasteiger partial charge in [-0.1, -0.05) is 46.1 Å². The Balaban J connectivity index is 2.06. The normalized spacial score (nSPS) is 19.0. The highest BCUT2D eigenvalue weighted by Crippen LogP contribution is 2.45. The van der Waals surface area contributed by atoms with Crippen LogP contribution < -0.4 is 0 Å². The molecule has 0 nitrogen and oxygen atoms in total. The summed E-state index contributed by atoms with van der Waals surface area (Å²) in [7, 11) is 0. The Morgan fingerprint density at radius 3 is 2.29 bits per heavy atom. The van der Waals surface area contributed by atoms with Gasteiger partial charge in [0.2, 0.25) is 0 Å². The molecule has 1 aliphatic rings. The van der Waals surface area contributed by atoms with Crippen LogP contribution in [0.4, 0.5) is 0 Å². The van der Waals surface area contributed by atoms with Crippen LogP contribution in [0.25, 0.3) is 0 Å². The summed E-state index contributed by atoms with van der Waals surface area (Å²) >= 11 is 9.48. The minimum atomic E-state index is 0.536. The number of alkyl halides is 1. The molecular weight excluding hydrogens is 259 g/mol. The molecule has 0 saturated heterocycles. The summed E-state index contributed by atoms with van der Waals surface area (Å²) in [6.45, 7) is 0. The fourth-order valence-corrected chi connectivity index (χ4v) is 2.95. The van der Waals surface area contributed by atoms with Crippen LogP contribution in [0.15, 0.2) is 24.3 Å². The lowest BCUT2D eigenvalue weighted by Crippen LogP contribution is -2.33. The zero-order chi connectivity index (χ0) is 10.0. The Kier molecular flexibility index (Phi) is 3.18. The van der Waals surface area contributed by atoms with E-state index in [9.17, 15) is 0 Å². The molecule has 0 unspecified atom stereocenters. The molecule has 0 bridgehead atoms. The molecule has 1 aliphatic carbocycles. The highest BCUT2D eigenvalue weighted by Gasteiger charge is 2.35. The van der Waals surface area contributed by atoms with Gasteiger partial charge in [0.1, 0.15) is 0 Å². The van der Waals surface area contributed by atoms with Crippen LogP contribution in [0.5, 0.6) is 0 Å². The summed E-state index contributed by atoms with van der Waals surface area (Å²) in [6.07, 6.45) is 5.30. The van der Waals surface area contributed by atoms with Gasteiger partial charge < -0.3 is 0 Å². The van der Waals surface area contributed by atoms with E-state index in [2.05, 4.69) is 28.1 Å². The van der Waals surface area contributed by atoms with Crippen molar-refractivity contribution in [3.8, 4) is 0 Å². The third-order valence-corrected chi connectivity index (χ3v) is 4.63. The van der Waals surface area contributed by atoms with Gasteiger partial charge in [0.15, 0.2) is 0 Å². The van der Waals surface area contributed by atoms with Gasteiger partial charge in [-0.3, -0.25) is 0 Å². The van der Waals surface area contributed by atoms with Crippen LogP contribution in [0.3, 0.4) is 0 Å². The number of hydrogen-bond acceptors (Lipinski definition) is 0. The maximum atomic E-state index is 5.86. The van der Waals surface area contributed by atoms with E-state index < -0.39 is 0 Å². The number of rotatable bonds is 3. The summed E-state index contributed by atoms with van der Waals surface area (Å²) in [6, 6.07) is 8.26. The van der Waals surface area contributed by atoms with E-state index in [0.717, 1.165) is 10.4 Å². The summed E-state index contributed by atoms with van der Waals surface area (Å²) in [4.78, 5) is 0. The lowest BCUT2D eigenvalue weighted by Gasteiger charge is -2.40. The SMILES string of the molecule is Clc1ccc(CC2(CBr)CCC2)cc1. The topological polar surface area (TPSA) is 0 Å². The Labute approximate surface area is 98.8 Å². The molecule has 2 heteroatoms. The largest absolute Gasteiger partial charge is 0.0922 e. The van der Waals surface area contributed by atoms with Crippen molar-refractivity contribution in [2.75, 3.05) is 5.33 Å². The van der Waals surface area contributed by atoms with E-state index in [0.29, 0.717) is 5.41 Å². The van der Waals surface area contributed by atoms with Gasteiger partial charge in [-0.05, 0) is 42.4 Å². The first-order valence-corrected chi connectivity index (χ1v) is 6.54. The summed E-state index contributed by atoms with van der Waals surface area (Å²) in [5, 5.41) is 1.96. The zero-order valence-electron chi connectivity index (χ0n) is 8.10. The standard InChI is InChI=1S/C12H14BrCl/c13-9-12(6-1-7-12)8-10-2-4-11(14)5-3-10/h2-5H,1,6-9H2. The van der Waals surface area contributed by atoms with Gasteiger partial charge in [0.05, 0.1) is 0 Å². The first-order valence-electron chi connectivity index (χ1n) is 5.05. The molecule has 0 radical (unpaired) electrons. The molecule has 1 aromatic carbocycles. The molecule has 0 amide bonds. The van der Waals surface area contributed by atoms with E-state index in [4.69, 9.17) is 11.6 Å². The van der Waals surface area contributed by atoms with Crippen molar-refractivity contribution in [3.63, 3.8) is 0 Å². The minimum absolute atomic E-state index is 0.536. The van der Waals surface area contributed by atoms with E-state index in [1.807, 2.05) is 12.1 Å². The van der Waals surface area contributed by atoms with Crippen LogP contribution in [0.1, 0.15) is 24.8 Å². The number of hydrogen-bond donors (Lipinski definition) is 0. The summed E-state index contributed by atoms with van der Waals surface area (Å²) < 4.78 is 0. The second kappa shape index (κ2) is 4.24.